The molecule has 0 heterocycles. The Kier molecular flexibility index (Phi) is 27.6. The van der Waals surface area contributed by atoms with E-state index >= 15 is 0 Å². The van der Waals surface area contributed by atoms with E-state index in [2.05, 4.69) is 40.3 Å². The van der Waals surface area contributed by atoms with Gasteiger partial charge in [-0.25, -0.2) is 0 Å². The summed E-state index contributed by atoms with van der Waals surface area (Å²) in [5.41, 5.74) is 0. The molecule has 0 saturated carbocycles. The van der Waals surface area contributed by atoms with Crippen molar-refractivity contribution >= 4 is 12.6 Å². The quantitative estimate of drug-likeness (QED) is 0.369. The molecule has 0 spiro atoms. The first-order valence-electron chi connectivity index (χ1n) is 7.82. The second kappa shape index (κ2) is 19.4. The maximum absolute atomic E-state index is 4.48. The lowest BCUT2D eigenvalue weighted by Crippen LogP contribution is -2.14. The van der Waals surface area contributed by atoms with Crippen LogP contribution in [0.15, 0.2) is 0 Å². The molecule has 128 valence electrons. The van der Waals surface area contributed by atoms with E-state index in [-0.39, 0.29) is 22.3 Å². The van der Waals surface area contributed by atoms with E-state index in [0.29, 0.717) is 0 Å². The van der Waals surface area contributed by atoms with Gasteiger partial charge in [-0.15, -0.1) is 0 Å². The van der Waals surface area contributed by atoms with Gasteiger partial charge in [0, 0.05) is 0 Å². The van der Waals surface area contributed by atoms with Crippen LogP contribution in [-0.2, 0) is 0 Å². The molecular formula is C19H46S. The topological polar surface area (TPSA) is 0 Å². The van der Waals surface area contributed by atoms with Crippen LogP contribution < -0.4 is 0 Å². The van der Waals surface area contributed by atoms with E-state index in [1.165, 1.54) is 51.4 Å². The molecule has 0 rings (SSSR count). The molecule has 0 N–H and O–H groups in total. The zero-order chi connectivity index (χ0) is 13.1. The smallest absolute Gasteiger partial charge is 0.00695 e. The van der Waals surface area contributed by atoms with E-state index in [9.17, 15) is 0 Å². The van der Waals surface area contributed by atoms with Gasteiger partial charge in [-0.3, -0.25) is 0 Å². The van der Waals surface area contributed by atoms with Crippen molar-refractivity contribution in [1.82, 2.24) is 0 Å². The van der Waals surface area contributed by atoms with Crippen molar-refractivity contribution in [3.63, 3.8) is 0 Å². The summed E-state index contributed by atoms with van der Waals surface area (Å²) in [6, 6.07) is 0. The monoisotopic (exact) mass is 306 g/mol. The fourth-order valence-corrected chi connectivity index (χ4v) is 3.35. The van der Waals surface area contributed by atoms with Gasteiger partial charge in [0.05, 0.1) is 0 Å². The van der Waals surface area contributed by atoms with Crippen LogP contribution in [0.25, 0.3) is 0 Å². The van der Waals surface area contributed by atoms with Gasteiger partial charge >= 0.3 is 0 Å². The third-order valence-electron chi connectivity index (χ3n) is 4.14. The Hall–Kier alpha value is 0.350. The van der Waals surface area contributed by atoms with Gasteiger partial charge in [0.1, 0.15) is 0 Å². The molecule has 20 heavy (non-hydrogen) atoms. The van der Waals surface area contributed by atoms with Crippen LogP contribution in [0.4, 0.5) is 0 Å². The SMILES string of the molecule is C.C.C.CCCC(CCC)CC(CC)CC(CC)CS. The highest BCUT2D eigenvalue weighted by molar-refractivity contribution is 7.80. The Morgan fingerprint density at radius 1 is 0.650 bits per heavy atom. The molecule has 1 heteroatoms. The zero-order valence-corrected chi connectivity index (χ0v) is 13.4. The molecular weight excluding hydrogens is 260 g/mol. The fraction of sp³-hybridized carbons (Fsp3) is 1.00. The Morgan fingerprint density at radius 2 is 1.05 bits per heavy atom. The predicted octanol–water partition coefficient (Wildman–Crippen LogP) is 7.87. The molecule has 0 radical (unpaired) electrons. The van der Waals surface area contributed by atoms with Crippen LogP contribution in [-0.4, -0.2) is 5.75 Å². The van der Waals surface area contributed by atoms with Crippen molar-refractivity contribution < 1.29 is 0 Å². The number of hydrogen-bond acceptors (Lipinski definition) is 1. The van der Waals surface area contributed by atoms with Gasteiger partial charge in [-0.05, 0) is 36.3 Å². The van der Waals surface area contributed by atoms with Crippen LogP contribution in [0.2, 0.25) is 0 Å². The predicted molar refractivity (Wildman–Crippen MR) is 104 cm³/mol. The summed E-state index contributed by atoms with van der Waals surface area (Å²) >= 11 is 4.48. The highest BCUT2D eigenvalue weighted by atomic mass is 32.1. The first-order chi connectivity index (χ1) is 8.21. The Morgan fingerprint density at radius 3 is 1.35 bits per heavy atom. The summed E-state index contributed by atoms with van der Waals surface area (Å²) in [5.74, 6) is 3.83. The largest absolute Gasteiger partial charge is 0.179 e. The Balaban J connectivity index is -0.000000427. The molecule has 0 aromatic heterocycles. The van der Waals surface area contributed by atoms with Crippen LogP contribution in [0, 0.1) is 17.8 Å². The van der Waals surface area contributed by atoms with E-state index < -0.39 is 0 Å². The molecule has 2 unspecified atom stereocenters. The van der Waals surface area contributed by atoms with Crippen LogP contribution >= 0.6 is 12.6 Å². The molecule has 0 bridgehead atoms. The van der Waals surface area contributed by atoms with Gasteiger partial charge in [-0.1, -0.05) is 88.5 Å². The molecule has 0 saturated heterocycles. The molecule has 0 aromatic carbocycles. The van der Waals surface area contributed by atoms with Crippen molar-refractivity contribution in [3.8, 4) is 0 Å². The molecule has 0 aromatic rings. The van der Waals surface area contributed by atoms with Gasteiger partial charge in [0.25, 0.3) is 0 Å². The first kappa shape index (κ1) is 28.5. The van der Waals surface area contributed by atoms with Crippen molar-refractivity contribution in [2.24, 2.45) is 17.8 Å². The minimum atomic E-state index is 0. The fourth-order valence-electron chi connectivity index (χ4n) is 2.94. The van der Waals surface area contributed by atoms with Crippen molar-refractivity contribution in [2.45, 2.75) is 101 Å². The molecule has 0 fully saturated rings. The first-order valence-corrected chi connectivity index (χ1v) is 8.45. The average Bonchev–Trinajstić information content (AvgIpc) is 2.34. The summed E-state index contributed by atoms with van der Waals surface area (Å²) in [5, 5.41) is 0. The summed E-state index contributed by atoms with van der Waals surface area (Å²) in [7, 11) is 0. The average molecular weight is 307 g/mol. The van der Waals surface area contributed by atoms with Crippen molar-refractivity contribution in [2.75, 3.05) is 5.75 Å². The minimum absolute atomic E-state index is 0. The summed E-state index contributed by atoms with van der Waals surface area (Å²) in [6.07, 6.45) is 11.1. The van der Waals surface area contributed by atoms with Crippen LogP contribution in [0.5, 0.6) is 0 Å². The third kappa shape index (κ3) is 13.3. The molecule has 0 aliphatic heterocycles. The van der Waals surface area contributed by atoms with Gasteiger partial charge in [0.2, 0.25) is 0 Å². The second-order valence-corrected chi connectivity index (χ2v) is 6.01. The maximum Gasteiger partial charge on any atom is -0.00695 e. The maximum atomic E-state index is 4.48. The van der Waals surface area contributed by atoms with E-state index in [4.69, 9.17) is 0 Å². The number of thiol groups is 1. The summed E-state index contributed by atoms with van der Waals surface area (Å²) < 4.78 is 0. The van der Waals surface area contributed by atoms with Gasteiger partial charge < -0.3 is 0 Å². The third-order valence-corrected chi connectivity index (χ3v) is 4.66. The zero-order valence-electron chi connectivity index (χ0n) is 12.5. The molecule has 0 aliphatic carbocycles. The molecule has 0 amide bonds. The lowest BCUT2D eigenvalue weighted by atomic mass is 9.82. The lowest BCUT2D eigenvalue weighted by molar-refractivity contribution is 0.281. The van der Waals surface area contributed by atoms with Gasteiger partial charge in [0.15, 0.2) is 0 Å². The Bertz CT molecular complexity index is 146. The highest BCUT2D eigenvalue weighted by Gasteiger charge is 2.17. The highest BCUT2D eigenvalue weighted by Crippen LogP contribution is 2.29. The molecule has 0 aliphatic rings. The standard InChI is InChI=1S/C16H34S.3CH4/c1-5-9-16(10-6-2)12-14(7-3)11-15(8-4)13-17;;;/h14-17H,5-13H2,1-4H3;3*1H4. The molecule has 2 atom stereocenters. The van der Waals surface area contributed by atoms with E-state index in [1.807, 2.05) is 0 Å². The van der Waals surface area contributed by atoms with Crippen molar-refractivity contribution in [1.29, 1.82) is 0 Å². The summed E-state index contributed by atoms with van der Waals surface area (Å²) in [6.45, 7) is 9.33. The normalized spacial score (nSPS) is 12.9. The van der Waals surface area contributed by atoms with Crippen LogP contribution in [0.3, 0.4) is 0 Å². The Labute approximate surface area is 137 Å². The van der Waals surface area contributed by atoms with E-state index in [1.54, 1.807) is 0 Å². The number of hydrogen-bond donors (Lipinski definition) is 1. The van der Waals surface area contributed by atoms with E-state index in [0.717, 1.165) is 23.5 Å². The van der Waals surface area contributed by atoms with Crippen LogP contribution in [0.1, 0.15) is 101 Å². The lowest BCUT2D eigenvalue weighted by Gasteiger charge is -2.25. The van der Waals surface area contributed by atoms with Crippen molar-refractivity contribution in [3.05, 3.63) is 0 Å². The minimum Gasteiger partial charge on any atom is -0.179 e. The number of rotatable bonds is 11. The molecule has 0 nitrogen and oxygen atoms in total. The van der Waals surface area contributed by atoms with Gasteiger partial charge in [-0.2, -0.15) is 12.6 Å². The summed E-state index contributed by atoms with van der Waals surface area (Å²) in [4.78, 5) is 0. The second-order valence-electron chi connectivity index (χ2n) is 5.65.